The van der Waals surface area contributed by atoms with Crippen LogP contribution in [-0.4, -0.2) is 42.2 Å². The molecule has 1 aromatic rings. The zero-order valence-electron chi connectivity index (χ0n) is 11.6. The third-order valence-corrected chi connectivity index (χ3v) is 3.95. The van der Waals surface area contributed by atoms with E-state index in [1.165, 1.54) is 0 Å². The summed E-state index contributed by atoms with van der Waals surface area (Å²) >= 11 is 5.78. The minimum Gasteiger partial charge on any atom is -0.396 e. The van der Waals surface area contributed by atoms with Gasteiger partial charge in [0.25, 0.3) is 0 Å². The van der Waals surface area contributed by atoms with Gasteiger partial charge in [0.05, 0.1) is 11.6 Å². The Hall–Kier alpha value is -1.33. The first-order valence-electron chi connectivity index (χ1n) is 6.83. The SMILES string of the molecule is CN(CC(=O)NC1CCCC1CO)c1ccc(Cl)cn1. The van der Waals surface area contributed by atoms with E-state index in [2.05, 4.69) is 10.3 Å². The molecule has 110 valence electrons. The predicted molar refractivity (Wildman–Crippen MR) is 78.9 cm³/mol. The van der Waals surface area contributed by atoms with E-state index in [0.717, 1.165) is 19.3 Å². The Morgan fingerprint density at radius 1 is 1.55 bits per heavy atom. The molecule has 1 saturated carbocycles. The molecule has 0 bridgehead atoms. The summed E-state index contributed by atoms with van der Waals surface area (Å²) in [5, 5.41) is 12.8. The van der Waals surface area contributed by atoms with Crippen molar-refractivity contribution < 1.29 is 9.90 Å². The summed E-state index contributed by atoms with van der Waals surface area (Å²) in [5.41, 5.74) is 0. The molecule has 1 heterocycles. The lowest BCUT2D eigenvalue weighted by Crippen LogP contribution is -2.43. The number of aliphatic hydroxyl groups excluding tert-OH is 1. The molecule has 2 rings (SSSR count). The van der Waals surface area contributed by atoms with Crippen LogP contribution in [0.25, 0.3) is 0 Å². The largest absolute Gasteiger partial charge is 0.396 e. The zero-order valence-corrected chi connectivity index (χ0v) is 12.3. The van der Waals surface area contributed by atoms with E-state index in [0.29, 0.717) is 10.8 Å². The number of carbonyl (C=O) groups excluding carboxylic acids is 1. The van der Waals surface area contributed by atoms with Gasteiger partial charge in [-0.15, -0.1) is 0 Å². The van der Waals surface area contributed by atoms with Gasteiger partial charge < -0.3 is 15.3 Å². The number of anilines is 1. The van der Waals surface area contributed by atoms with E-state index >= 15 is 0 Å². The Bertz CT molecular complexity index is 452. The number of nitrogens with one attached hydrogen (secondary N) is 1. The number of amides is 1. The second-order valence-corrected chi connectivity index (χ2v) is 5.67. The second kappa shape index (κ2) is 6.90. The first-order valence-corrected chi connectivity index (χ1v) is 7.21. The summed E-state index contributed by atoms with van der Waals surface area (Å²) in [5.74, 6) is 0.849. The maximum absolute atomic E-state index is 12.0. The van der Waals surface area contributed by atoms with Gasteiger partial charge in [-0.2, -0.15) is 0 Å². The fraction of sp³-hybridized carbons (Fsp3) is 0.571. The van der Waals surface area contributed by atoms with Gasteiger partial charge in [-0.1, -0.05) is 18.0 Å². The molecule has 20 heavy (non-hydrogen) atoms. The highest BCUT2D eigenvalue weighted by atomic mass is 35.5. The van der Waals surface area contributed by atoms with Crippen molar-refractivity contribution in [1.82, 2.24) is 10.3 Å². The van der Waals surface area contributed by atoms with Gasteiger partial charge in [0.1, 0.15) is 5.82 Å². The van der Waals surface area contributed by atoms with Crippen LogP contribution >= 0.6 is 11.6 Å². The molecule has 2 atom stereocenters. The molecule has 1 aliphatic rings. The lowest BCUT2D eigenvalue weighted by Gasteiger charge is -2.22. The quantitative estimate of drug-likeness (QED) is 0.863. The van der Waals surface area contributed by atoms with E-state index in [4.69, 9.17) is 11.6 Å². The smallest absolute Gasteiger partial charge is 0.239 e. The molecule has 0 radical (unpaired) electrons. The van der Waals surface area contributed by atoms with Crippen molar-refractivity contribution in [2.24, 2.45) is 5.92 Å². The number of aliphatic hydroxyl groups is 1. The topological polar surface area (TPSA) is 65.5 Å². The number of carbonyl (C=O) groups is 1. The van der Waals surface area contributed by atoms with Crippen LogP contribution in [0, 0.1) is 5.92 Å². The number of likely N-dealkylation sites (N-methyl/N-ethyl adjacent to an activating group) is 1. The molecule has 1 aliphatic carbocycles. The number of rotatable bonds is 5. The van der Waals surface area contributed by atoms with Crippen LogP contribution < -0.4 is 10.2 Å². The molecule has 1 aromatic heterocycles. The number of halogens is 1. The average molecular weight is 298 g/mol. The van der Waals surface area contributed by atoms with Crippen molar-refractivity contribution in [1.29, 1.82) is 0 Å². The standard InChI is InChI=1S/C14H20ClN3O2/c1-18(13-6-5-11(15)7-16-13)8-14(20)17-12-4-2-3-10(12)9-19/h5-7,10,12,19H,2-4,8-9H2,1H3,(H,17,20). The fourth-order valence-electron chi connectivity index (χ4n) is 2.59. The zero-order chi connectivity index (χ0) is 14.5. The van der Waals surface area contributed by atoms with Gasteiger partial charge >= 0.3 is 0 Å². The van der Waals surface area contributed by atoms with Crippen LogP contribution in [0.4, 0.5) is 5.82 Å². The maximum Gasteiger partial charge on any atom is 0.239 e. The number of pyridine rings is 1. The van der Waals surface area contributed by atoms with Gasteiger partial charge in [-0.25, -0.2) is 4.98 Å². The van der Waals surface area contributed by atoms with Crippen molar-refractivity contribution in [2.45, 2.75) is 25.3 Å². The number of nitrogens with zero attached hydrogens (tertiary/aromatic N) is 2. The van der Waals surface area contributed by atoms with Crippen molar-refractivity contribution in [3.8, 4) is 0 Å². The second-order valence-electron chi connectivity index (χ2n) is 5.24. The molecule has 6 heteroatoms. The maximum atomic E-state index is 12.0. The third-order valence-electron chi connectivity index (χ3n) is 3.72. The fourth-order valence-corrected chi connectivity index (χ4v) is 2.70. The normalized spacial score (nSPS) is 21.8. The molecule has 5 nitrogen and oxygen atoms in total. The van der Waals surface area contributed by atoms with Crippen LogP contribution in [0.3, 0.4) is 0 Å². The first kappa shape index (κ1) is 15.1. The van der Waals surface area contributed by atoms with Crippen LogP contribution in [0.1, 0.15) is 19.3 Å². The molecule has 0 aliphatic heterocycles. The van der Waals surface area contributed by atoms with Crippen molar-refractivity contribution in [3.63, 3.8) is 0 Å². The summed E-state index contributed by atoms with van der Waals surface area (Å²) in [6.45, 7) is 0.378. The summed E-state index contributed by atoms with van der Waals surface area (Å²) in [6.07, 6.45) is 4.55. The number of hydrogen-bond donors (Lipinski definition) is 2. The average Bonchev–Trinajstić information content (AvgIpc) is 2.86. The highest BCUT2D eigenvalue weighted by Gasteiger charge is 2.27. The van der Waals surface area contributed by atoms with E-state index in [1.54, 1.807) is 23.2 Å². The summed E-state index contributed by atoms with van der Waals surface area (Å²) in [7, 11) is 1.81. The minimum absolute atomic E-state index is 0.0467. The van der Waals surface area contributed by atoms with E-state index in [1.807, 2.05) is 7.05 Å². The van der Waals surface area contributed by atoms with Crippen LogP contribution in [-0.2, 0) is 4.79 Å². The summed E-state index contributed by atoms with van der Waals surface area (Å²) in [6, 6.07) is 3.62. The van der Waals surface area contributed by atoms with Gasteiger partial charge in [-0.3, -0.25) is 4.79 Å². The molecule has 2 unspecified atom stereocenters. The molecule has 1 fully saturated rings. The number of hydrogen-bond acceptors (Lipinski definition) is 4. The summed E-state index contributed by atoms with van der Waals surface area (Å²) < 4.78 is 0. The number of aromatic nitrogens is 1. The lowest BCUT2D eigenvalue weighted by molar-refractivity contribution is -0.120. The Morgan fingerprint density at radius 2 is 2.35 bits per heavy atom. The van der Waals surface area contributed by atoms with Crippen LogP contribution in [0.5, 0.6) is 0 Å². The highest BCUT2D eigenvalue weighted by Crippen LogP contribution is 2.25. The molecular weight excluding hydrogens is 278 g/mol. The summed E-state index contributed by atoms with van der Waals surface area (Å²) in [4.78, 5) is 18.0. The predicted octanol–water partition coefficient (Wildman–Crippen LogP) is 1.45. The monoisotopic (exact) mass is 297 g/mol. The molecule has 0 aromatic carbocycles. The first-order chi connectivity index (χ1) is 9.60. The van der Waals surface area contributed by atoms with Gasteiger partial charge in [0, 0.05) is 31.8 Å². The van der Waals surface area contributed by atoms with Crippen molar-refractivity contribution >= 4 is 23.3 Å². The lowest BCUT2D eigenvalue weighted by atomic mass is 10.1. The Morgan fingerprint density at radius 3 is 3.00 bits per heavy atom. The van der Waals surface area contributed by atoms with Gasteiger partial charge in [0.15, 0.2) is 0 Å². The van der Waals surface area contributed by atoms with E-state index in [-0.39, 0.29) is 31.0 Å². The van der Waals surface area contributed by atoms with Crippen molar-refractivity contribution in [3.05, 3.63) is 23.4 Å². The molecule has 1 amide bonds. The Labute approximate surface area is 123 Å². The Balaban J connectivity index is 1.86. The van der Waals surface area contributed by atoms with Crippen molar-refractivity contribution in [2.75, 3.05) is 25.1 Å². The van der Waals surface area contributed by atoms with Gasteiger partial charge in [-0.05, 0) is 25.0 Å². The highest BCUT2D eigenvalue weighted by molar-refractivity contribution is 6.30. The van der Waals surface area contributed by atoms with Crippen LogP contribution in [0.2, 0.25) is 5.02 Å². The van der Waals surface area contributed by atoms with E-state index < -0.39 is 0 Å². The molecule has 0 spiro atoms. The minimum atomic E-state index is -0.0467. The molecule has 2 N–H and O–H groups in total. The van der Waals surface area contributed by atoms with E-state index in [9.17, 15) is 9.90 Å². The third kappa shape index (κ3) is 3.84. The van der Waals surface area contributed by atoms with Crippen LogP contribution in [0.15, 0.2) is 18.3 Å². The van der Waals surface area contributed by atoms with Gasteiger partial charge in [0.2, 0.25) is 5.91 Å². The molecule has 0 saturated heterocycles. The molecular formula is C14H20ClN3O2. The Kier molecular flexibility index (Phi) is 5.20.